The van der Waals surface area contributed by atoms with Crippen LogP contribution in [0.2, 0.25) is 0 Å². The van der Waals surface area contributed by atoms with Crippen molar-refractivity contribution in [3.63, 3.8) is 0 Å². The molecule has 2 aliphatic heterocycles. The number of rotatable bonds is 12. The lowest BCUT2D eigenvalue weighted by atomic mass is 9.86. The van der Waals surface area contributed by atoms with Gasteiger partial charge in [-0.1, -0.05) is 12.5 Å². The van der Waals surface area contributed by atoms with Crippen LogP contribution in [0.4, 0.5) is 11.4 Å². The third-order valence-corrected chi connectivity index (χ3v) is 10.3. The molecule has 5 atom stereocenters. The smallest absolute Gasteiger partial charge is 0.256 e. The highest BCUT2D eigenvalue weighted by Crippen LogP contribution is 2.35. The second-order valence-electron chi connectivity index (χ2n) is 13.7. The first-order valence-corrected chi connectivity index (χ1v) is 18.1. The number of amides is 5. The summed E-state index contributed by atoms with van der Waals surface area (Å²) in [6.45, 7) is 0.825. The molecule has 0 bridgehead atoms. The number of likely N-dealkylation sites (tertiary alicyclic amines) is 2. The number of carbonyl (C=O) groups excluding carboxylic acids is 6. The molecule has 5 amide bonds. The van der Waals surface area contributed by atoms with Crippen molar-refractivity contribution in [2.24, 2.45) is 11.8 Å². The third kappa shape index (κ3) is 8.57. The van der Waals surface area contributed by atoms with Crippen LogP contribution >= 0.6 is 0 Å². The number of hydrogen-bond acceptors (Lipinski definition) is 9. The Kier molecular flexibility index (Phi) is 11.8. The first-order valence-electron chi connectivity index (χ1n) is 18.1. The van der Waals surface area contributed by atoms with Gasteiger partial charge in [-0.15, -0.1) is 0 Å². The summed E-state index contributed by atoms with van der Waals surface area (Å²) in [5.41, 5.74) is 1.45. The lowest BCUT2D eigenvalue weighted by molar-refractivity contribution is -0.139. The maximum absolute atomic E-state index is 13.8. The number of nitrogens with zero attached hydrogens (tertiary/aromatic N) is 5. The molecule has 1 aliphatic carbocycles. The highest BCUT2D eigenvalue weighted by molar-refractivity contribution is 6.03. The largest absolute Gasteiger partial charge is 0.342 e. The van der Waals surface area contributed by atoms with E-state index in [1.165, 1.54) is 18.5 Å². The average molecular weight is 719 g/mol. The van der Waals surface area contributed by atoms with Gasteiger partial charge in [0, 0.05) is 61.2 Å². The average Bonchev–Trinajstić information content (AvgIpc) is 3.98. The van der Waals surface area contributed by atoms with Crippen LogP contribution in [0.1, 0.15) is 78.5 Å². The highest BCUT2D eigenvalue weighted by atomic mass is 16.2. The van der Waals surface area contributed by atoms with E-state index in [1.807, 2.05) is 6.07 Å². The van der Waals surface area contributed by atoms with Crippen molar-refractivity contribution in [1.82, 2.24) is 25.1 Å². The van der Waals surface area contributed by atoms with Crippen molar-refractivity contribution in [1.29, 1.82) is 5.26 Å². The zero-order chi connectivity index (χ0) is 37.3. The van der Waals surface area contributed by atoms with Crippen LogP contribution in [0.15, 0.2) is 73.3 Å². The van der Waals surface area contributed by atoms with E-state index in [2.05, 4.69) is 25.9 Å². The zero-order valence-corrected chi connectivity index (χ0v) is 29.3. The number of Topliss-reactive ketones (excluding diaryl/α,β-unsaturated/α-hetero) is 1. The van der Waals surface area contributed by atoms with E-state index in [-0.39, 0.29) is 41.9 Å². The van der Waals surface area contributed by atoms with E-state index < -0.39 is 41.8 Å². The standard InChI is InChI=1S/C39H42N8O6/c40-17-3-14-31(34(48)29-12-2-13-30(29)36(50)44-28-11-5-19-42-24-28)45-35(49)25-8-1-10-27(22-25)43-37(51)32-15-6-20-46(32)39(53)33-16-7-21-47(33)38(52)26-9-4-18-41-23-26/h1,4-5,8-11,18-19,22-24,29-33H,2-3,6-7,12-16,20-21H2,(H,43,51)(H,44,50)(H,45,49)/t29?,30-,31+,32+,33+/m1/s1. The molecule has 3 N–H and O–H groups in total. The van der Waals surface area contributed by atoms with E-state index >= 15 is 0 Å². The monoisotopic (exact) mass is 718 g/mol. The number of hydrogen-bond donors (Lipinski definition) is 3. The lowest BCUT2D eigenvalue weighted by Crippen LogP contribution is -2.51. The topological polar surface area (TPSA) is 195 Å². The van der Waals surface area contributed by atoms with Crippen molar-refractivity contribution in [2.75, 3.05) is 23.7 Å². The van der Waals surface area contributed by atoms with Gasteiger partial charge in [-0.2, -0.15) is 5.26 Å². The number of nitriles is 1. The molecule has 4 heterocycles. The van der Waals surface area contributed by atoms with Crippen LogP contribution in [0.25, 0.3) is 0 Å². The van der Waals surface area contributed by atoms with Gasteiger partial charge in [0.1, 0.15) is 12.1 Å². The summed E-state index contributed by atoms with van der Waals surface area (Å²) in [4.78, 5) is 92.2. The van der Waals surface area contributed by atoms with Crippen LogP contribution in [0.3, 0.4) is 0 Å². The molecule has 53 heavy (non-hydrogen) atoms. The molecule has 1 aromatic carbocycles. The molecule has 1 saturated carbocycles. The molecule has 6 rings (SSSR count). The molecule has 3 aromatic rings. The van der Waals surface area contributed by atoms with E-state index in [1.54, 1.807) is 64.7 Å². The Morgan fingerprint density at radius 2 is 1.43 bits per heavy atom. The molecular formula is C39H42N8O6. The van der Waals surface area contributed by atoms with Gasteiger partial charge in [-0.25, -0.2) is 0 Å². The quantitative estimate of drug-likeness (QED) is 0.250. The Morgan fingerprint density at radius 3 is 2.17 bits per heavy atom. The first kappa shape index (κ1) is 36.8. The van der Waals surface area contributed by atoms with Gasteiger partial charge >= 0.3 is 0 Å². The van der Waals surface area contributed by atoms with Crippen molar-refractivity contribution in [3.8, 4) is 6.07 Å². The van der Waals surface area contributed by atoms with Crippen molar-refractivity contribution < 1.29 is 28.8 Å². The van der Waals surface area contributed by atoms with E-state index in [9.17, 15) is 34.0 Å². The Hall–Kier alpha value is -5.97. The number of ketones is 1. The summed E-state index contributed by atoms with van der Waals surface area (Å²) in [5, 5.41) is 17.8. The number of benzene rings is 1. The molecule has 2 saturated heterocycles. The summed E-state index contributed by atoms with van der Waals surface area (Å²) in [7, 11) is 0. The van der Waals surface area contributed by atoms with E-state index in [0.29, 0.717) is 75.0 Å². The van der Waals surface area contributed by atoms with E-state index in [4.69, 9.17) is 0 Å². The second-order valence-corrected chi connectivity index (χ2v) is 13.7. The highest BCUT2D eigenvalue weighted by Gasteiger charge is 2.43. The van der Waals surface area contributed by atoms with Gasteiger partial charge < -0.3 is 25.8 Å². The fourth-order valence-corrected chi connectivity index (χ4v) is 7.66. The lowest BCUT2D eigenvalue weighted by Gasteiger charge is -2.31. The molecular weight excluding hydrogens is 676 g/mol. The number of carbonyl (C=O) groups is 6. The van der Waals surface area contributed by atoms with Crippen LogP contribution in [-0.4, -0.2) is 86.3 Å². The molecule has 274 valence electrons. The van der Waals surface area contributed by atoms with Gasteiger partial charge in [0.2, 0.25) is 17.7 Å². The van der Waals surface area contributed by atoms with Gasteiger partial charge in [0.05, 0.1) is 29.6 Å². The fraction of sp³-hybridized carbons (Fsp3) is 0.410. The summed E-state index contributed by atoms with van der Waals surface area (Å²) < 4.78 is 0. The number of anilines is 2. The number of aromatic nitrogens is 2. The predicted octanol–water partition coefficient (Wildman–Crippen LogP) is 3.74. The molecule has 0 spiro atoms. The minimum Gasteiger partial charge on any atom is -0.342 e. The summed E-state index contributed by atoms with van der Waals surface area (Å²) >= 11 is 0. The van der Waals surface area contributed by atoms with Crippen molar-refractivity contribution in [3.05, 3.63) is 84.4 Å². The molecule has 3 fully saturated rings. The zero-order valence-electron chi connectivity index (χ0n) is 29.3. The van der Waals surface area contributed by atoms with Crippen LogP contribution in [0.5, 0.6) is 0 Å². The molecule has 14 nitrogen and oxygen atoms in total. The summed E-state index contributed by atoms with van der Waals surface area (Å²) in [5.74, 6) is -3.29. The van der Waals surface area contributed by atoms with Crippen LogP contribution in [-0.2, 0) is 19.2 Å². The second kappa shape index (κ2) is 17.0. The summed E-state index contributed by atoms with van der Waals surface area (Å²) in [6, 6.07) is 12.6. The SMILES string of the molecule is N#CCC[C@H](NC(=O)c1cccc(NC(=O)[C@@H]2CCCN2C(=O)[C@@H]2CCCN2C(=O)c2cccnc2)c1)C(=O)C1CCC[C@H]1C(=O)Nc1cccnc1. The maximum Gasteiger partial charge on any atom is 0.256 e. The first-order chi connectivity index (χ1) is 25.7. The minimum atomic E-state index is -0.990. The van der Waals surface area contributed by atoms with Gasteiger partial charge in [-0.05, 0) is 87.4 Å². The Bertz CT molecular complexity index is 1880. The van der Waals surface area contributed by atoms with Gasteiger partial charge in [0.25, 0.3) is 11.8 Å². The Labute approximate surface area is 307 Å². The number of nitrogens with one attached hydrogen (secondary N) is 3. The molecule has 3 aliphatic rings. The third-order valence-electron chi connectivity index (χ3n) is 10.3. The van der Waals surface area contributed by atoms with Crippen molar-refractivity contribution >= 4 is 46.7 Å². The fourth-order valence-electron chi connectivity index (χ4n) is 7.66. The number of pyridine rings is 2. The molecule has 1 unspecified atom stereocenters. The van der Waals surface area contributed by atoms with Crippen molar-refractivity contribution in [2.45, 2.75) is 75.9 Å². The minimum absolute atomic E-state index is 0.0267. The maximum atomic E-state index is 13.8. The molecule has 0 radical (unpaired) electrons. The molecule has 14 heteroatoms. The van der Waals surface area contributed by atoms with Gasteiger partial charge in [0.15, 0.2) is 5.78 Å². The summed E-state index contributed by atoms with van der Waals surface area (Å²) in [6.07, 6.45) is 10.2. The van der Waals surface area contributed by atoms with Gasteiger partial charge in [-0.3, -0.25) is 38.7 Å². The normalized spacial score (nSPS) is 21.3. The molecule has 2 aromatic heterocycles. The predicted molar refractivity (Wildman–Crippen MR) is 193 cm³/mol. The van der Waals surface area contributed by atoms with E-state index in [0.717, 1.165) is 0 Å². The Morgan fingerprint density at radius 1 is 0.755 bits per heavy atom. The van der Waals surface area contributed by atoms with Crippen LogP contribution in [0, 0.1) is 23.2 Å². The Balaban J connectivity index is 1.09. The van der Waals surface area contributed by atoms with Crippen LogP contribution < -0.4 is 16.0 Å².